The van der Waals surface area contributed by atoms with Gasteiger partial charge in [0.15, 0.2) is 16.8 Å². The number of ketones is 1. The van der Waals surface area contributed by atoms with E-state index in [4.69, 9.17) is 4.74 Å². The van der Waals surface area contributed by atoms with Crippen LogP contribution in [0.1, 0.15) is 24.2 Å². The molecule has 0 bridgehead atoms. The normalized spacial score (nSPS) is 11.6. The van der Waals surface area contributed by atoms with Crippen LogP contribution in [0.5, 0.6) is 5.75 Å². The molecule has 1 N–H and O–H groups in total. The highest BCUT2D eigenvalue weighted by Crippen LogP contribution is 2.31. The number of benzene rings is 2. The lowest BCUT2D eigenvalue weighted by molar-refractivity contribution is -0.115. The molecule has 9 heteroatoms. The van der Waals surface area contributed by atoms with E-state index in [1.165, 1.54) is 18.7 Å². The Balaban J connectivity index is 1.59. The quantitative estimate of drug-likeness (QED) is 0.293. The number of anilines is 1. The topological polar surface area (TPSA) is 99.0 Å². The maximum Gasteiger partial charge on any atom is 0.237 e. The highest BCUT2D eigenvalue weighted by molar-refractivity contribution is 8.00. The highest BCUT2D eigenvalue weighted by Gasteiger charge is 2.22. The average Bonchev–Trinajstić information content (AvgIpc) is 3.28. The van der Waals surface area contributed by atoms with Crippen LogP contribution in [0, 0.1) is 0 Å². The zero-order valence-corrected chi connectivity index (χ0v) is 19.7. The number of aromatic nitrogens is 4. The number of carbonyl (C=O) groups excluding carboxylic acids is 2. The number of ether oxygens (including phenoxy) is 1. The summed E-state index contributed by atoms with van der Waals surface area (Å²) in [6.45, 7) is 3.31. The summed E-state index contributed by atoms with van der Waals surface area (Å²) >= 11 is 1.30. The molecular weight excluding hydrogens is 450 g/mol. The third-order valence-electron chi connectivity index (χ3n) is 5.09. The van der Waals surface area contributed by atoms with Crippen molar-refractivity contribution in [3.05, 3.63) is 78.6 Å². The number of pyridine rings is 1. The number of carbonyl (C=O) groups is 2. The predicted octanol–water partition coefficient (Wildman–Crippen LogP) is 4.66. The SMILES string of the molecule is COc1ccc(-n2c(SC(C)C(=O)Nc3ccc(C(C)=O)cc3)nnc2-c2cccnc2)cc1. The van der Waals surface area contributed by atoms with Crippen LogP contribution in [-0.2, 0) is 4.79 Å². The molecule has 0 fully saturated rings. The Morgan fingerprint density at radius 2 is 1.76 bits per heavy atom. The largest absolute Gasteiger partial charge is 0.497 e. The van der Waals surface area contributed by atoms with Crippen LogP contribution in [-0.4, -0.2) is 43.8 Å². The van der Waals surface area contributed by atoms with E-state index in [2.05, 4.69) is 20.5 Å². The van der Waals surface area contributed by atoms with E-state index < -0.39 is 5.25 Å². The van der Waals surface area contributed by atoms with Gasteiger partial charge in [0.1, 0.15) is 5.75 Å². The molecule has 2 heterocycles. The summed E-state index contributed by atoms with van der Waals surface area (Å²) in [5.74, 6) is 1.14. The molecule has 4 aromatic rings. The molecule has 8 nitrogen and oxygen atoms in total. The molecular formula is C25H23N5O3S. The van der Waals surface area contributed by atoms with Crippen molar-refractivity contribution in [1.82, 2.24) is 19.7 Å². The van der Waals surface area contributed by atoms with E-state index in [0.717, 1.165) is 17.0 Å². The Labute approximate surface area is 201 Å². The van der Waals surface area contributed by atoms with Gasteiger partial charge in [-0.05, 0) is 74.5 Å². The van der Waals surface area contributed by atoms with Gasteiger partial charge < -0.3 is 10.1 Å². The molecule has 0 radical (unpaired) electrons. The van der Waals surface area contributed by atoms with Gasteiger partial charge in [-0.15, -0.1) is 10.2 Å². The van der Waals surface area contributed by atoms with E-state index in [1.54, 1.807) is 50.7 Å². The van der Waals surface area contributed by atoms with Crippen molar-refractivity contribution >= 4 is 29.1 Å². The van der Waals surface area contributed by atoms with Gasteiger partial charge in [0, 0.05) is 34.9 Å². The van der Waals surface area contributed by atoms with Crippen LogP contribution in [0.25, 0.3) is 17.1 Å². The number of hydrogen-bond donors (Lipinski definition) is 1. The Kier molecular flexibility index (Phi) is 7.03. The van der Waals surface area contributed by atoms with Gasteiger partial charge in [-0.1, -0.05) is 11.8 Å². The summed E-state index contributed by atoms with van der Waals surface area (Å²) < 4.78 is 7.17. The molecule has 2 aromatic heterocycles. The van der Waals surface area contributed by atoms with Crippen molar-refractivity contribution < 1.29 is 14.3 Å². The molecule has 0 saturated heterocycles. The molecule has 0 spiro atoms. The molecule has 34 heavy (non-hydrogen) atoms. The Bertz CT molecular complexity index is 1290. The molecule has 0 aliphatic carbocycles. The minimum atomic E-state index is -0.463. The first-order chi connectivity index (χ1) is 16.5. The number of hydrogen-bond acceptors (Lipinski definition) is 7. The number of nitrogens with zero attached hydrogens (tertiary/aromatic N) is 4. The van der Waals surface area contributed by atoms with Crippen LogP contribution in [0.15, 0.2) is 78.2 Å². The van der Waals surface area contributed by atoms with Crippen LogP contribution in [0.2, 0.25) is 0 Å². The van der Waals surface area contributed by atoms with Crippen molar-refractivity contribution in [2.75, 3.05) is 12.4 Å². The van der Waals surface area contributed by atoms with Gasteiger partial charge in [-0.3, -0.25) is 19.1 Å². The molecule has 172 valence electrons. The van der Waals surface area contributed by atoms with E-state index in [-0.39, 0.29) is 11.7 Å². The van der Waals surface area contributed by atoms with Crippen LogP contribution < -0.4 is 10.1 Å². The molecule has 0 saturated carbocycles. The lowest BCUT2D eigenvalue weighted by atomic mass is 10.1. The summed E-state index contributed by atoms with van der Waals surface area (Å²) in [5, 5.41) is 11.7. The van der Waals surface area contributed by atoms with Crippen molar-refractivity contribution in [3.63, 3.8) is 0 Å². The zero-order valence-electron chi connectivity index (χ0n) is 18.9. The number of methoxy groups -OCH3 is 1. The first-order valence-electron chi connectivity index (χ1n) is 10.5. The van der Waals surface area contributed by atoms with Gasteiger partial charge in [0.2, 0.25) is 5.91 Å². The van der Waals surface area contributed by atoms with Crippen LogP contribution in [0.4, 0.5) is 5.69 Å². The van der Waals surface area contributed by atoms with Crippen molar-refractivity contribution in [3.8, 4) is 22.8 Å². The number of nitrogens with one attached hydrogen (secondary N) is 1. The second-order valence-corrected chi connectivity index (χ2v) is 8.77. The van der Waals surface area contributed by atoms with E-state index in [0.29, 0.717) is 22.2 Å². The van der Waals surface area contributed by atoms with Gasteiger partial charge >= 0.3 is 0 Å². The minimum absolute atomic E-state index is 0.0240. The number of rotatable bonds is 8. The third-order valence-corrected chi connectivity index (χ3v) is 6.14. The van der Waals surface area contributed by atoms with Crippen molar-refractivity contribution in [2.45, 2.75) is 24.3 Å². The lowest BCUT2D eigenvalue weighted by Crippen LogP contribution is -2.23. The number of amides is 1. The average molecular weight is 474 g/mol. The summed E-state index contributed by atoms with van der Waals surface area (Å²) in [5.41, 5.74) is 2.85. The Morgan fingerprint density at radius 3 is 2.38 bits per heavy atom. The maximum absolute atomic E-state index is 12.9. The standard InChI is InChI=1S/C25H23N5O3S/c1-16(31)18-6-8-20(9-7-18)27-24(32)17(2)34-25-29-28-23(19-5-4-14-26-15-19)30(25)21-10-12-22(33-3)13-11-21/h4-15,17H,1-3H3,(H,27,32). The van der Waals surface area contributed by atoms with Crippen molar-refractivity contribution in [1.29, 1.82) is 0 Å². The van der Waals surface area contributed by atoms with E-state index in [1.807, 2.05) is 41.0 Å². The zero-order chi connectivity index (χ0) is 24.1. The first-order valence-corrected chi connectivity index (χ1v) is 11.4. The molecule has 4 rings (SSSR count). The van der Waals surface area contributed by atoms with Crippen molar-refractivity contribution in [2.24, 2.45) is 0 Å². The Morgan fingerprint density at radius 1 is 1.03 bits per heavy atom. The fourth-order valence-corrected chi connectivity index (χ4v) is 4.10. The second-order valence-electron chi connectivity index (χ2n) is 7.46. The number of thioether (sulfide) groups is 1. The molecule has 0 aliphatic heterocycles. The predicted molar refractivity (Wildman–Crippen MR) is 132 cm³/mol. The monoisotopic (exact) mass is 473 g/mol. The highest BCUT2D eigenvalue weighted by atomic mass is 32.2. The number of Topliss-reactive ketones (excluding diaryl/α,β-unsaturated/α-hetero) is 1. The van der Waals surface area contributed by atoms with Gasteiger partial charge in [-0.2, -0.15) is 0 Å². The molecule has 1 atom stereocenters. The molecule has 1 unspecified atom stereocenters. The summed E-state index contributed by atoms with van der Waals surface area (Å²) in [6, 6.07) is 18.1. The summed E-state index contributed by atoms with van der Waals surface area (Å²) in [7, 11) is 1.62. The molecule has 1 amide bonds. The van der Waals surface area contributed by atoms with E-state index >= 15 is 0 Å². The third kappa shape index (κ3) is 5.15. The van der Waals surface area contributed by atoms with Gasteiger partial charge in [0.25, 0.3) is 0 Å². The van der Waals surface area contributed by atoms with Gasteiger partial charge in [-0.25, -0.2) is 0 Å². The Hall–Kier alpha value is -3.98. The first kappa shape index (κ1) is 23.2. The van der Waals surface area contributed by atoms with E-state index in [9.17, 15) is 9.59 Å². The van der Waals surface area contributed by atoms with Gasteiger partial charge in [0.05, 0.1) is 12.4 Å². The summed E-state index contributed by atoms with van der Waals surface area (Å²) in [4.78, 5) is 28.5. The maximum atomic E-state index is 12.9. The summed E-state index contributed by atoms with van der Waals surface area (Å²) in [6.07, 6.45) is 3.42. The fourth-order valence-electron chi connectivity index (χ4n) is 3.24. The fraction of sp³-hybridized carbons (Fsp3) is 0.160. The second kappa shape index (κ2) is 10.3. The molecule has 2 aromatic carbocycles. The van der Waals surface area contributed by atoms with Crippen LogP contribution in [0.3, 0.4) is 0 Å². The smallest absolute Gasteiger partial charge is 0.237 e. The van der Waals surface area contributed by atoms with Crippen LogP contribution >= 0.6 is 11.8 Å². The minimum Gasteiger partial charge on any atom is -0.497 e. The lowest BCUT2D eigenvalue weighted by Gasteiger charge is -2.14. The molecule has 0 aliphatic rings.